The van der Waals surface area contributed by atoms with Crippen molar-refractivity contribution in [1.29, 1.82) is 0 Å². The van der Waals surface area contributed by atoms with Crippen LogP contribution in [0.2, 0.25) is 0 Å². The van der Waals surface area contributed by atoms with Crippen LogP contribution in [-0.2, 0) is 20.0 Å². The summed E-state index contributed by atoms with van der Waals surface area (Å²) in [4.78, 5) is 15.0. The monoisotopic (exact) mass is 208 g/mol. The van der Waals surface area contributed by atoms with E-state index in [0.29, 0.717) is 6.61 Å². The normalized spacial score (nSPS) is 25.7. The topological polar surface area (TPSA) is 56.7 Å². The van der Waals surface area contributed by atoms with Crippen LogP contribution in [0.1, 0.15) is 6.92 Å². The molecule has 0 N–H and O–H groups in total. The second-order valence-corrected chi connectivity index (χ2v) is 3.39. The lowest BCUT2D eigenvalue weighted by Crippen LogP contribution is -2.34. The molecule has 2 rings (SSSR count). The Labute approximate surface area is 87.3 Å². The first kappa shape index (κ1) is 9.92. The van der Waals surface area contributed by atoms with Gasteiger partial charge in [-0.05, 0) is 6.92 Å². The molecule has 0 radical (unpaired) electrons. The van der Waals surface area contributed by atoms with Gasteiger partial charge >= 0.3 is 5.97 Å². The van der Waals surface area contributed by atoms with E-state index in [-0.39, 0.29) is 6.10 Å². The maximum atomic E-state index is 11.0. The lowest BCUT2D eigenvalue weighted by Gasteiger charge is -2.20. The van der Waals surface area contributed by atoms with Crippen LogP contribution in [0.25, 0.3) is 0 Å². The largest absolute Gasteiger partial charge is 0.454 e. The summed E-state index contributed by atoms with van der Waals surface area (Å²) >= 11 is 0. The Morgan fingerprint density at radius 1 is 1.87 bits per heavy atom. The number of carbonyl (C=O) groups is 1. The molecular formula is C10H12N2O3. The molecule has 80 valence electrons. The second-order valence-electron chi connectivity index (χ2n) is 3.39. The molecule has 1 aliphatic heterocycles. The molecule has 0 spiro atoms. The third-order valence-corrected chi connectivity index (χ3v) is 2.48. The van der Waals surface area contributed by atoms with Crippen molar-refractivity contribution in [3.8, 4) is 0 Å². The number of epoxide rings is 1. The second kappa shape index (κ2) is 3.51. The number of nitrogens with zero attached hydrogens (tertiary/aromatic N) is 2. The van der Waals surface area contributed by atoms with E-state index in [1.807, 2.05) is 0 Å². The smallest absolute Gasteiger partial charge is 0.330 e. The number of hydrogen-bond donors (Lipinski definition) is 0. The molecule has 0 aromatic carbocycles. The van der Waals surface area contributed by atoms with Gasteiger partial charge in [-0.3, -0.25) is 0 Å². The molecular weight excluding hydrogens is 196 g/mol. The molecule has 0 bridgehead atoms. The molecule has 1 saturated heterocycles. The molecule has 1 fully saturated rings. The van der Waals surface area contributed by atoms with E-state index in [1.165, 1.54) is 0 Å². The molecule has 2 atom stereocenters. The average molecular weight is 208 g/mol. The van der Waals surface area contributed by atoms with Gasteiger partial charge < -0.3 is 14.0 Å². The number of aromatic nitrogens is 2. The predicted molar refractivity (Wildman–Crippen MR) is 51.9 cm³/mol. The van der Waals surface area contributed by atoms with E-state index in [9.17, 15) is 4.79 Å². The highest BCUT2D eigenvalue weighted by Crippen LogP contribution is 2.37. The van der Waals surface area contributed by atoms with Crippen molar-refractivity contribution in [3.63, 3.8) is 0 Å². The van der Waals surface area contributed by atoms with Gasteiger partial charge in [0.1, 0.15) is 12.7 Å². The third-order valence-electron chi connectivity index (χ3n) is 2.48. The maximum absolute atomic E-state index is 11.0. The quantitative estimate of drug-likeness (QED) is 0.415. The summed E-state index contributed by atoms with van der Waals surface area (Å²) in [7, 11) is 0. The molecule has 1 aromatic heterocycles. The Balaban J connectivity index is 2.10. The van der Waals surface area contributed by atoms with Crippen LogP contribution in [0.15, 0.2) is 31.4 Å². The first-order valence-corrected chi connectivity index (χ1v) is 4.64. The van der Waals surface area contributed by atoms with Crippen molar-refractivity contribution < 1.29 is 14.3 Å². The van der Waals surface area contributed by atoms with Gasteiger partial charge in [-0.15, -0.1) is 0 Å². The van der Waals surface area contributed by atoms with Crippen molar-refractivity contribution in [2.45, 2.75) is 18.8 Å². The van der Waals surface area contributed by atoms with Gasteiger partial charge in [0.05, 0.1) is 6.33 Å². The molecule has 1 aromatic rings. The summed E-state index contributed by atoms with van der Waals surface area (Å²) in [5.41, 5.74) is -0.574. The number of imidazole rings is 1. The third kappa shape index (κ3) is 1.66. The molecule has 0 saturated carbocycles. The highest BCUT2D eigenvalue weighted by Gasteiger charge is 2.53. The van der Waals surface area contributed by atoms with Crippen LogP contribution in [0.3, 0.4) is 0 Å². The van der Waals surface area contributed by atoms with E-state index >= 15 is 0 Å². The summed E-state index contributed by atoms with van der Waals surface area (Å²) in [5, 5.41) is 0. The van der Waals surface area contributed by atoms with Crippen LogP contribution in [0, 0.1) is 0 Å². The van der Waals surface area contributed by atoms with Gasteiger partial charge in [0.15, 0.2) is 0 Å². The van der Waals surface area contributed by atoms with Crippen LogP contribution in [0.4, 0.5) is 0 Å². The lowest BCUT2D eigenvalue weighted by atomic mass is 10.2. The Bertz CT molecular complexity index is 368. The van der Waals surface area contributed by atoms with E-state index < -0.39 is 11.7 Å². The number of carbonyl (C=O) groups excluding carboxylic acids is 1. The first-order chi connectivity index (χ1) is 7.19. The van der Waals surface area contributed by atoms with Crippen molar-refractivity contribution in [2.75, 3.05) is 6.61 Å². The van der Waals surface area contributed by atoms with E-state index in [2.05, 4.69) is 11.6 Å². The molecule has 5 nitrogen and oxygen atoms in total. The lowest BCUT2D eigenvalue weighted by molar-refractivity contribution is -0.147. The van der Waals surface area contributed by atoms with Gasteiger partial charge in [-0.25, -0.2) is 9.78 Å². The summed E-state index contributed by atoms with van der Waals surface area (Å²) in [6.45, 7) is 5.65. The zero-order chi connectivity index (χ0) is 10.9. The highest BCUT2D eigenvalue weighted by molar-refractivity contribution is 5.81. The fourth-order valence-electron chi connectivity index (χ4n) is 1.47. The molecule has 0 amide bonds. The number of ether oxygens (including phenoxy) is 2. The minimum absolute atomic E-state index is 0.364. The predicted octanol–water partition coefficient (Wildman–Crippen LogP) is 0.684. The van der Waals surface area contributed by atoms with E-state index in [1.54, 1.807) is 30.2 Å². The van der Waals surface area contributed by atoms with Gasteiger partial charge in [-0.1, -0.05) is 6.58 Å². The minimum atomic E-state index is -0.574. The van der Waals surface area contributed by atoms with Crippen LogP contribution in [-0.4, -0.2) is 28.2 Å². The van der Waals surface area contributed by atoms with E-state index in [4.69, 9.17) is 9.47 Å². The molecule has 15 heavy (non-hydrogen) atoms. The minimum Gasteiger partial charge on any atom is -0.454 e. The van der Waals surface area contributed by atoms with Crippen molar-refractivity contribution in [1.82, 2.24) is 9.55 Å². The van der Waals surface area contributed by atoms with Crippen molar-refractivity contribution in [2.24, 2.45) is 0 Å². The molecule has 0 aliphatic carbocycles. The van der Waals surface area contributed by atoms with Crippen molar-refractivity contribution in [3.05, 3.63) is 31.4 Å². The van der Waals surface area contributed by atoms with Crippen LogP contribution >= 0.6 is 0 Å². The van der Waals surface area contributed by atoms with Crippen LogP contribution < -0.4 is 0 Å². The maximum Gasteiger partial charge on any atom is 0.330 e. The Hall–Kier alpha value is -1.62. The first-order valence-electron chi connectivity index (χ1n) is 4.64. The van der Waals surface area contributed by atoms with Gasteiger partial charge in [0.25, 0.3) is 0 Å². The van der Waals surface area contributed by atoms with Gasteiger partial charge in [0, 0.05) is 18.5 Å². The zero-order valence-electron chi connectivity index (χ0n) is 8.42. The fourth-order valence-corrected chi connectivity index (χ4v) is 1.47. The van der Waals surface area contributed by atoms with Gasteiger partial charge in [-0.2, -0.15) is 0 Å². The number of esters is 1. The van der Waals surface area contributed by atoms with Crippen LogP contribution in [0.5, 0.6) is 0 Å². The Kier molecular flexibility index (Phi) is 2.32. The summed E-state index contributed by atoms with van der Waals surface area (Å²) < 4.78 is 12.3. The molecule has 2 unspecified atom stereocenters. The van der Waals surface area contributed by atoms with Gasteiger partial charge in [0.2, 0.25) is 5.72 Å². The molecule has 5 heteroatoms. The summed E-state index contributed by atoms with van der Waals surface area (Å²) in [6, 6.07) is 0. The highest BCUT2D eigenvalue weighted by atomic mass is 16.7. The van der Waals surface area contributed by atoms with E-state index in [0.717, 1.165) is 6.08 Å². The number of hydrogen-bond acceptors (Lipinski definition) is 4. The SMILES string of the molecule is C=CC(=O)OC(C)C1(n2ccnc2)CO1. The standard InChI is InChI=1S/C10H12N2O3/c1-3-9(13)15-8(2)10(6-14-10)12-5-4-11-7-12/h3-5,7-8H,1,6H2,2H3. The number of rotatable bonds is 4. The van der Waals surface area contributed by atoms with Crippen molar-refractivity contribution >= 4 is 5.97 Å². The average Bonchev–Trinajstić information content (AvgIpc) is 2.87. The summed E-state index contributed by atoms with van der Waals surface area (Å²) in [6.07, 6.45) is 5.86. The Morgan fingerprint density at radius 3 is 3.07 bits per heavy atom. The molecule has 2 heterocycles. The fraction of sp³-hybridized carbons (Fsp3) is 0.400. The zero-order valence-corrected chi connectivity index (χ0v) is 8.42. The summed E-state index contributed by atoms with van der Waals surface area (Å²) in [5.74, 6) is -0.447. The Morgan fingerprint density at radius 2 is 2.60 bits per heavy atom. The molecule has 1 aliphatic rings.